The first-order chi connectivity index (χ1) is 28.1. The average molecular weight is 734 g/mol. The summed E-state index contributed by atoms with van der Waals surface area (Å²) in [6, 6.07) is 72.6. The van der Waals surface area contributed by atoms with Gasteiger partial charge in [-0.2, -0.15) is 0 Å². The summed E-state index contributed by atoms with van der Waals surface area (Å²) in [6.07, 6.45) is 4.82. The van der Waals surface area contributed by atoms with Gasteiger partial charge in [0, 0.05) is 16.9 Å². The SMILES string of the molecule is CC(C)c1cc2c(cc1-c1cc3c(cc1N(c1ccccc1)c1ccc(-c4ccccc4)cc1)C(c1ccccc1)(c1ccccc1)c1ccccc1-3)CCCC2. The van der Waals surface area contributed by atoms with Crippen LogP contribution in [0.2, 0.25) is 0 Å². The van der Waals surface area contributed by atoms with Crippen molar-refractivity contribution >= 4 is 17.1 Å². The summed E-state index contributed by atoms with van der Waals surface area (Å²) in [5.74, 6) is 0.365. The van der Waals surface area contributed by atoms with E-state index in [0.29, 0.717) is 5.92 Å². The number of aryl methyl sites for hydroxylation is 2. The van der Waals surface area contributed by atoms with Gasteiger partial charge in [-0.1, -0.05) is 172 Å². The molecule has 0 heterocycles. The van der Waals surface area contributed by atoms with Crippen LogP contribution in [-0.2, 0) is 18.3 Å². The smallest absolute Gasteiger partial charge is 0.0714 e. The molecule has 1 nitrogen and oxygen atoms in total. The van der Waals surface area contributed by atoms with E-state index in [4.69, 9.17) is 0 Å². The van der Waals surface area contributed by atoms with Crippen LogP contribution < -0.4 is 4.90 Å². The molecule has 0 atom stereocenters. The fraction of sp³-hybridized carbons (Fsp3) is 0.143. The Morgan fingerprint density at radius 2 is 0.947 bits per heavy atom. The largest absolute Gasteiger partial charge is 0.310 e. The van der Waals surface area contributed by atoms with Crippen molar-refractivity contribution in [3.63, 3.8) is 0 Å². The lowest BCUT2D eigenvalue weighted by atomic mass is 9.67. The molecule has 0 amide bonds. The lowest BCUT2D eigenvalue weighted by Crippen LogP contribution is -2.28. The van der Waals surface area contributed by atoms with Gasteiger partial charge in [0.05, 0.1) is 11.1 Å². The predicted molar refractivity (Wildman–Crippen MR) is 240 cm³/mol. The van der Waals surface area contributed by atoms with Crippen molar-refractivity contribution in [1.29, 1.82) is 0 Å². The van der Waals surface area contributed by atoms with E-state index in [0.717, 1.165) is 17.8 Å². The quantitative estimate of drug-likeness (QED) is 0.150. The molecule has 0 saturated carbocycles. The second-order valence-corrected chi connectivity index (χ2v) is 16.1. The van der Waals surface area contributed by atoms with Gasteiger partial charge in [0.2, 0.25) is 0 Å². The Kier molecular flexibility index (Phi) is 8.95. The maximum absolute atomic E-state index is 2.57. The number of fused-ring (bicyclic) bond motifs is 4. The third kappa shape index (κ3) is 5.92. The number of nitrogens with zero attached hydrogens (tertiary/aromatic N) is 1. The Hall–Kier alpha value is -6.44. The molecule has 0 N–H and O–H groups in total. The van der Waals surface area contributed by atoms with Crippen molar-refractivity contribution in [2.75, 3.05) is 4.90 Å². The lowest BCUT2D eigenvalue weighted by molar-refractivity contribution is 0.683. The van der Waals surface area contributed by atoms with Gasteiger partial charge >= 0.3 is 0 Å². The standard InChI is InChI=1S/C56H47N/c1-39(2)49-35-42-21-15-16-22-43(42)36-50(49)52-37-51-48-29-17-18-30-53(48)56(44-23-9-4-10-24-44,45-25-11-5-12-26-45)54(51)38-55(52)57(46-27-13-6-14-28-46)47-33-31-41(32-34-47)40-19-7-3-8-20-40/h3-14,17-20,23-39H,15-16,21-22H2,1-2H3. The molecule has 0 bridgehead atoms. The van der Waals surface area contributed by atoms with Gasteiger partial charge in [-0.15, -0.1) is 0 Å². The van der Waals surface area contributed by atoms with Crippen LogP contribution in [0.3, 0.4) is 0 Å². The van der Waals surface area contributed by atoms with Gasteiger partial charge in [0.25, 0.3) is 0 Å². The molecule has 0 aliphatic heterocycles. The van der Waals surface area contributed by atoms with E-state index >= 15 is 0 Å². The van der Waals surface area contributed by atoms with Crippen molar-refractivity contribution in [3.8, 4) is 33.4 Å². The third-order valence-electron chi connectivity index (χ3n) is 12.5. The number of anilines is 3. The van der Waals surface area contributed by atoms with Crippen LogP contribution in [0, 0.1) is 0 Å². The second-order valence-electron chi connectivity index (χ2n) is 16.1. The molecule has 0 fully saturated rings. The number of hydrogen-bond donors (Lipinski definition) is 0. The molecule has 57 heavy (non-hydrogen) atoms. The first kappa shape index (κ1) is 35.0. The summed E-state index contributed by atoms with van der Waals surface area (Å²) in [5.41, 5.74) is 20.2. The van der Waals surface area contributed by atoms with Crippen molar-refractivity contribution in [2.24, 2.45) is 0 Å². The summed E-state index contributed by atoms with van der Waals surface area (Å²) in [7, 11) is 0. The summed E-state index contributed by atoms with van der Waals surface area (Å²) in [4.78, 5) is 2.51. The molecular formula is C56H47N. The van der Waals surface area contributed by atoms with E-state index in [1.807, 2.05) is 0 Å². The third-order valence-corrected chi connectivity index (χ3v) is 12.5. The number of rotatable bonds is 8. The number of benzene rings is 8. The van der Waals surface area contributed by atoms with Crippen molar-refractivity contribution < 1.29 is 0 Å². The van der Waals surface area contributed by atoms with Crippen molar-refractivity contribution in [1.82, 2.24) is 0 Å². The zero-order valence-electron chi connectivity index (χ0n) is 32.8. The molecule has 0 saturated heterocycles. The summed E-state index contributed by atoms with van der Waals surface area (Å²) >= 11 is 0. The highest BCUT2D eigenvalue weighted by molar-refractivity contribution is 5.97. The number of para-hydroxylation sites is 1. The zero-order chi connectivity index (χ0) is 38.3. The highest BCUT2D eigenvalue weighted by atomic mass is 15.1. The van der Waals surface area contributed by atoms with E-state index < -0.39 is 5.41 Å². The Morgan fingerprint density at radius 3 is 1.58 bits per heavy atom. The van der Waals surface area contributed by atoms with Gasteiger partial charge < -0.3 is 4.90 Å². The number of hydrogen-bond acceptors (Lipinski definition) is 1. The van der Waals surface area contributed by atoms with Crippen LogP contribution in [0.25, 0.3) is 33.4 Å². The van der Waals surface area contributed by atoms with Crippen LogP contribution in [0.15, 0.2) is 194 Å². The topological polar surface area (TPSA) is 3.24 Å². The molecule has 0 aromatic heterocycles. The molecule has 0 radical (unpaired) electrons. The van der Waals surface area contributed by atoms with E-state index in [1.54, 1.807) is 0 Å². The maximum Gasteiger partial charge on any atom is 0.0714 e. The van der Waals surface area contributed by atoms with E-state index in [-0.39, 0.29) is 0 Å². The zero-order valence-corrected chi connectivity index (χ0v) is 32.8. The normalized spacial score (nSPS) is 13.8. The van der Waals surface area contributed by atoms with Gasteiger partial charge in [0.1, 0.15) is 0 Å². The van der Waals surface area contributed by atoms with Crippen molar-refractivity contribution in [3.05, 3.63) is 233 Å². The molecule has 0 unspecified atom stereocenters. The maximum atomic E-state index is 2.57. The minimum Gasteiger partial charge on any atom is -0.310 e. The van der Waals surface area contributed by atoms with Gasteiger partial charge in [-0.25, -0.2) is 0 Å². The van der Waals surface area contributed by atoms with Crippen LogP contribution in [0.5, 0.6) is 0 Å². The Bertz CT molecular complexity index is 2640. The molecule has 8 aromatic carbocycles. The van der Waals surface area contributed by atoms with Gasteiger partial charge in [-0.05, 0) is 135 Å². The van der Waals surface area contributed by atoms with Crippen LogP contribution in [0.4, 0.5) is 17.1 Å². The highest BCUT2D eigenvalue weighted by Gasteiger charge is 2.47. The first-order valence-corrected chi connectivity index (χ1v) is 20.7. The fourth-order valence-electron chi connectivity index (χ4n) is 9.83. The Balaban J connectivity index is 1.32. The molecule has 2 aliphatic rings. The Morgan fingerprint density at radius 1 is 0.421 bits per heavy atom. The van der Waals surface area contributed by atoms with E-state index in [2.05, 4.69) is 213 Å². The van der Waals surface area contributed by atoms with Crippen LogP contribution in [0.1, 0.15) is 71.6 Å². The molecule has 2 aliphatic carbocycles. The molecule has 0 spiro atoms. The summed E-state index contributed by atoms with van der Waals surface area (Å²) in [5, 5.41) is 0. The minimum absolute atomic E-state index is 0.365. The molecule has 10 rings (SSSR count). The van der Waals surface area contributed by atoms with Gasteiger partial charge in [0.15, 0.2) is 0 Å². The average Bonchev–Trinajstić information content (AvgIpc) is 3.57. The van der Waals surface area contributed by atoms with Crippen molar-refractivity contribution in [2.45, 2.75) is 50.9 Å². The fourth-order valence-corrected chi connectivity index (χ4v) is 9.83. The molecule has 8 aromatic rings. The monoisotopic (exact) mass is 733 g/mol. The molecular weight excluding hydrogens is 687 g/mol. The van der Waals surface area contributed by atoms with E-state index in [9.17, 15) is 0 Å². The summed E-state index contributed by atoms with van der Waals surface area (Å²) in [6.45, 7) is 4.73. The highest BCUT2D eigenvalue weighted by Crippen LogP contribution is 2.59. The molecule has 276 valence electrons. The lowest BCUT2D eigenvalue weighted by Gasteiger charge is -2.36. The summed E-state index contributed by atoms with van der Waals surface area (Å²) < 4.78 is 0. The Labute approximate surface area is 337 Å². The second kappa shape index (κ2) is 14.6. The molecule has 1 heteroatoms. The van der Waals surface area contributed by atoms with E-state index in [1.165, 1.54) is 97.3 Å². The first-order valence-electron chi connectivity index (χ1n) is 20.7. The minimum atomic E-state index is -0.516. The van der Waals surface area contributed by atoms with Crippen LogP contribution >= 0.6 is 0 Å². The predicted octanol–water partition coefficient (Wildman–Crippen LogP) is 14.9. The van der Waals surface area contributed by atoms with Crippen LogP contribution in [-0.4, -0.2) is 0 Å². The van der Waals surface area contributed by atoms with Gasteiger partial charge in [-0.3, -0.25) is 0 Å².